The molecule has 5 nitrogen and oxygen atoms in total. The van der Waals surface area contributed by atoms with E-state index in [1.54, 1.807) is 6.08 Å². The van der Waals surface area contributed by atoms with Crippen molar-refractivity contribution in [3.8, 4) is 0 Å². The van der Waals surface area contributed by atoms with E-state index in [1.165, 1.54) is 11.1 Å². The highest BCUT2D eigenvalue weighted by molar-refractivity contribution is 5.29. The van der Waals surface area contributed by atoms with E-state index in [0.717, 1.165) is 58.3 Å². The van der Waals surface area contributed by atoms with Crippen molar-refractivity contribution in [1.29, 1.82) is 0 Å². The fourth-order valence-electron chi connectivity index (χ4n) is 3.75. The molecule has 1 aromatic carbocycles. The standard InChI is InChI=1S/C25H39NO4/c1-2-21-7-9-22(10-8-21)12-16-30-15-6-4-3-5-14-26-19-25(20-28)13-11-24(29)23(17-25)18-27/h7-11,13,26-29H,2-6,12,14-20H2,1H3. The number of allylic oxidation sites excluding steroid dienone is 1. The van der Waals surface area contributed by atoms with Crippen LogP contribution >= 0.6 is 0 Å². The lowest BCUT2D eigenvalue weighted by Crippen LogP contribution is -2.38. The zero-order valence-electron chi connectivity index (χ0n) is 18.4. The van der Waals surface area contributed by atoms with Crippen LogP contribution in [0.25, 0.3) is 0 Å². The molecule has 0 spiro atoms. The number of unbranched alkanes of at least 4 members (excludes halogenated alkanes) is 3. The van der Waals surface area contributed by atoms with Crippen molar-refractivity contribution in [2.45, 2.75) is 51.9 Å². The third kappa shape index (κ3) is 8.23. The summed E-state index contributed by atoms with van der Waals surface area (Å²) in [4.78, 5) is 0. The maximum absolute atomic E-state index is 9.79. The Balaban J connectivity index is 1.47. The highest BCUT2D eigenvalue weighted by Gasteiger charge is 2.31. The third-order valence-electron chi connectivity index (χ3n) is 5.86. The first-order valence-electron chi connectivity index (χ1n) is 11.3. The van der Waals surface area contributed by atoms with Gasteiger partial charge in [0.05, 0.1) is 19.8 Å². The van der Waals surface area contributed by atoms with Crippen molar-refractivity contribution in [3.05, 3.63) is 58.9 Å². The van der Waals surface area contributed by atoms with Crippen molar-refractivity contribution < 1.29 is 20.1 Å². The summed E-state index contributed by atoms with van der Waals surface area (Å²) in [5, 5.41) is 32.3. The van der Waals surface area contributed by atoms with Gasteiger partial charge < -0.3 is 25.4 Å². The summed E-state index contributed by atoms with van der Waals surface area (Å²) in [6, 6.07) is 8.79. The minimum absolute atomic E-state index is 0.00658. The van der Waals surface area contributed by atoms with Crippen molar-refractivity contribution >= 4 is 0 Å². The molecule has 0 bridgehead atoms. The van der Waals surface area contributed by atoms with E-state index >= 15 is 0 Å². The van der Waals surface area contributed by atoms with E-state index < -0.39 is 5.41 Å². The van der Waals surface area contributed by atoms with Gasteiger partial charge in [-0.3, -0.25) is 0 Å². The molecular formula is C25H39NO4. The Bertz CT molecular complexity index is 668. The molecule has 0 heterocycles. The number of hydrogen-bond donors (Lipinski definition) is 4. The van der Waals surface area contributed by atoms with Gasteiger partial charge in [-0.05, 0) is 61.4 Å². The minimum Gasteiger partial charge on any atom is -0.508 e. The maximum atomic E-state index is 9.79. The molecule has 0 saturated heterocycles. The molecule has 168 valence electrons. The molecule has 0 saturated carbocycles. The average molecular weight is 418 g/mol. The van der Waals surface area contributed by atoms with E-state index in [1.807, 2.05) is 6.08 Å². The maximum Gasteiger partial charge on any atom is 0.116 e. The van der Waals surface area contributed by atoms with Gasteiger partial charge in [-0.25, -0.2) is 0 Å². The van der Waals surface area contributed by atoms with Crippen LogP contribution in [0.2, 0.25) is 0 Å². The molecule has 4 N–H and O–H groups in total. The molecule has 0 aliphatic heterocycles. The van der Waals surface area contributed by atoms with Crippen LogP contribution in [0.4, 0.5) is 0 Å². The SMILES string of the molecule is CCc1ccc(CCOCCCCCCNCC2(CO)C=CC(O)=C(CO)C2)cc1. The molecule has 1 unspecified atom stereocenters. The fraction of sp³-hybridized carbons (Fsp3) is 0.600. The molecule has 1 atom stereocenters. The van der Waals surface area contributed by atoms with Crippen molar-refractivity contribution in [1.82, 2.24) is 5.32 Å². The van der Waals surface area contributed by atoms with Crippen molar-refractivity contribution in [2.75, 3.05) is 39.5 Å². The summed E-state index contributed by atoms with van der Waals surface area (Å²) in [6.07, 6.45) is 10.5. The number of ether oxygens (including phenoxy) is 1. The smallest absolute Gasteiger partial charge is 0.116 e. The number of benzene rings is 1. The summed E-state index contributed by atoms with van der Waals surface area (Å²) in [5.74, 6) is 0.123. The lowest BCUT2D eigenvalue weighted by atomic mass is 9.78. The van der Waals surface area contributed by atoms with Crippen molar-refractivity contribution in [2.24, 2.45) is 5.41 Å². The normalized spacial score (nSPS) is 18.9. The number of nitrogens with one attached hydrogen (secondary N) is 1. The van der Waals surface area contributed by atoms with Crippen LogP contribution < -0.4 is 5.32 Å². The molecule has 0 radical (unpaired) electrons. The van der Waals surface area contributed by atoms with E-state index in [4.69, 9.17) is 4.74 Å². The van der Waals surface area contributed by atoms with Crippen molar-refractivity contribution in [3.63, 3.8) is 0 Å². The Morgan fingerprint density at radius 2 is 1.73 bits per heavy atom. The minimum atomic E-state index is -0.436. The summed E-state index contributed by atoms with van der Waals surface area (Å²) in [5.41, 5.74) is 2.87. The number of rotatable bonds is 15. The van der Waals surface area contributed by atoms with Gasteiger partial charge in [0.2, 0.25) is 0 Å². The molecule has 0 aromatic heterocycles. The zero-order chi connectivity index (χ0) is 21.7. The van der Waals surface area contributed by atoms with E-state index in [2.05, 4.69) is 36.5 Å². The van der Waals surface area contributed by atoms with Gasteiger partial charge in [0.25, 0.3) is 0 Å². The van der Waals surface area contributed by atoms with Gasteiger partial charge in [-0.2, -0.15) is 0 Å². The molecule has 5 heteroatoms. The first kappa shape index (κ1) is 24.6. The largest absolute Gasteiger partial charge is 0.508 e. The molecule has 1 aliphatic rings. The highest BCUT2D eigenvalue weighted by Crippen LogP contribution is 2.32. The first-order chi connectivity index (χ1) is 14.6. The molecule has 0 fully saturated rings. The second-order valence-corrected chi connectivity index (χ2v) is 8.30. The number of aryl methyl sites for hydroxylation is 1. The van der Waals surface area contributed by atoms with E-state index in [9.17, 15) is 15.3 Å². The Morgan fingerprint density at radius 3 is 2.43 bits per heavy atom. The Labute approximate surface area is 181 Å². The molecule has 0 amide bonds. The molecular weight excluding hydrogens is 378 g/mol. The van der Waals surface area contributed by atoms with E-state index in [0.29, 0.717) is 18.5 Å². The fourth-order valence-corrected chi connectivity index (χ4v) is 3.75. The second kappa shape index (κ2) is 13.6. The number of hydrogen-bond acceptors (Lipinski definition) is 5. The molecule has 2 rings (SSSR count). The summed E-state index contributed by atoms with van der Waals surface area (Å²) in [7, 11) is 0. The van der Waals surface area contributed by atoms with Crippen LogP contribution in [-0.2, 0) is 17.6 Å². The molecule has 1 aromatic rings. The predicted molar refractivity (Wildman–Crippen MR) is 122 cm³/mol. The van der Waals surface area contributed by atoms with Gasteiger partial charge in [-0.15, -0.1) is 0 Å². The van der Waals surface area contributed by atoms with Crippen LogP contribution in [0.5, 0.6) is 0 Å². The van der Waals surface area contributed by atoms with E-state index in [-0.39, 0.29) is 19.0 Å². The summed E-state index contributed by atoms with van der Waals surface area (Å²) >= 11 is 0. The molecule has 1 aliphatic carbocycles. The van der Waals surface area contributed by atoms with Gasteiger partial charge in [0.15, 0.2) is 0 Å². The Hall–Kier alpha value is -1.66. The summed E-state index contributed by atoms with van der Waals surface area (Å²) in [6.45, 7) is 5.12. The quantitative estimate of drug-likeness (QED) is 0.327. The molecule has 30 heavy (non-hydrogen) atoms. The van der Waals surface area contributed by atoms with Crippen LogP contribution in [0.15, 0.2) is 47.7 Å². The predicted octanol–water partition coefficient (Wildman–Crippen LogP) is 3.70. The lowest BCUT2D eigenvalue weighted by Gasteiger charge is -2.32. The number of aliphatic hydroxyl groups excluding tert-OH is 3. The topological polar surface area (TPSA) is 82.0 Å². The first-order valence-corrected chi connectivity index (χ1v) is 11.3. The van der Waals surface area contributed by atoms with Crippen LogP contribution in [-0.4, -0.2) is 54.8 Å². The average Bonchev–Trinajstić information content (AvgIpc) is 2.79. The monoisotopic (exact) mass is 417 g/mol. The Morgan fingerprint density at radius 1 is 1.00 bits per heavy atom. The summed E-state index contributed by atoms with van der Waals surface area (Å²) < 4.78 is 5.76. The Kier molecular flexibility index (Phi) is 11.2. The van der Waals surface area contributed by atoms with Crippen LogP contribution in [0.1, 0.15) is 50.2 Å². The lowest BCUT2D eigenvalue weighted by molar-refractivity contribution is 0.132. The third-order valence-corrected chi connectivity index (χ3v) is 5.86. The van der Waals surface area contributed by atoms with Gasteiger partial charge >= 0.3 is 0 Å². The van der Waals surface area contributed by atoms with Gasteiger partial charge in [0, 0.05) is 18.6 Å². The second-order valence-electron chi connectivity index (χ2n) is 8.30. The van der Waals surface area contributed by atoms with Crippen LogP contribution in [0, 0.1) is 5.41 Å². The van der Waals surface area contributed by atoms with Gasteiger partial charge in [-0.1, -0.05) is 50.1 Å². The highest BCUT2D eigenvalue weighted by atomic mass is 16.5. The number of aliphatic hydroxyl groups is 3. The zero-order valence-corrected chi connectivity index (χ0v) is 18.4. The van der Waals surface area contributed by atoms with Crippen LogP contribution in [0.3, 0.4) is 0 Å². The van der Waals surface area contributed by atoms with Gasteiger partial charge in [0.1, 0.15) is 5.76 Å².